The molecular weight excluding hydrogens is 541 g/mol. The zero-order chi connectivity index (χ0) is 27.1. The van der Waals surface area contributed by atoms with Gasteiger partial charge in [-0.2, -0.15) is 5.09 Å². The number of rotatable bonds is 10. The van der Waals surface area contributed by atoms with Crippen LogP contribution in [0.3, 0.4) is 0 Å². The number of carbonyl (C=O) groups excluding carboxylic acids is 1. The average molecular weight is 570 g/mol. The van der Waals surface area contributed by atoms with E-state index < -0.39 is 54.4 Å². The van der Waals surface area contributed by atoms with Gasteiger partial charge in [-0.25, -0.2) is 9.36 Å². The summed E-state index contributed by atoms with van der Waals surface area (Å²) in [5.41, 5.74) is -3.20. The van der Waals surface area contributed by atoms with Gasteiger partial charge in [0.1, 0.15) is 23.6 Å². The zero-order valence-electron chi connectivity index (χ0n) is 20.6. The predicted octanol–water partition coefficient (Wildman–Crippen LogP) is 2.51. The minimum absolute atomic E-state index is 0.154. The van der Waals surface area contributed by atoms with Crippen molar-refractivity contribution in [2.45, 2.75) is 63.0 Å². The first kappa shape index (κ1) is 27.1. The number of halogens is 1. The summed E-state index contributed by atoms with van der Waals surface area (Å²) in [7, 11) is -4.23. The molecule has 4 atom stereocenters. The number of hydrogen-bond donors (Lipinski definition) is 3. The van der Waals surface area contributed by atoms with E-state index in [0.717, 1.165) is 6.42 Å². The lowest BCUT2D eigenvalue weighted by molar-refractivity contribution is -0.154. The maximum absolute atomic E-state index is 14.0. The summed E-state index contributed by atoms with van der Waals surface area (Å²) in [6, 6.07) is 7.33. The number of nitrogens with one attached hydrogen (secondary N) is 2. The van der Waals surface area contributed by atoms with Crippen LogP contribution in [0.15, 0.2) is 46.1 Å². The molecule has 14 heteroatoms. The number of ether oxygens (including phenoxy) is 2. The smallest absolute Gasteiger partial charge is 0.459 e. The van der Waals surface area contributed by atoms with Crippen LogP contribution in [-0.4, -0.2) is 51.6 Å². The highest BCUT2D eigenvalue weighted by Gasteiger charge is 2.64. The SMILES string of the molecule is CCOC(=O)C1(NP(=O)(OC[C@H]2O[C@@H](n3ccc(=O)[nH]c3=O)C3(CC3)[C@@H]2O)Oc2ccc(Cl)cc2)CCC1. The zero-order valence-corrected chi connectivity index (χ0v) is 22.3. The van der Waals surface area contributed by atoms with Crippen molar-refractivity contribution in [3.63, 3.8) is 0 Å². The minimum Gasteiger partial charge on any atom is -0.465 e. The van der Waals surface area contributed by atoms with E-state index in [4.69, 9.17) is 30.1 Å². The van der Waals surface area contributed by atoms with E-state index in [0.29, 0.717) is 30.7 Å². The maximum atomic E-state index is 14.0. The number of aliphatic hydroxyl groups excluding tert-OH is 1. The third-order valence-electron chi connectivity index (χ3n) is 7.34. The monoisotopic (exact) mass is 569 g/mol. The van der Waals surface area contributed by atoms with Gasteiger partial charge in [-0.1, -0.05) is 11.6 Å². The van der Waals surface area contributed by atoms with E-state index in [1.165, 1.54) is 29.0 Å². The molecule has 1 aromatic carbocycles. The van der Waals surface area contributed by atoms with Crippen LogP contribution in [0.4, 0.5) is 0 Å². The summed E-state index contributed by atoms with van der Waals surface area (Å²) in [6.45, 7) is 1.47. The molecular formula is C24H29ClN3O9P. The van der Waals surface area contributed by atoms with Crippen molar-refractivity contribution in [1.29, 1.82) is 0 Å². The molecule has 1 unspecified atom stereocenters. The molecule has 5 rings (SSSR count). The molecule has 1 aromatic heterocycles. The molecule has 2 saturated carbocycles. The summed E-state index contributed by atoms with van der Waals surface area (Å²) in [6.07, 6.45) is 1.11. The lowest BCUT2D eigenvalue weighted by Crippen LogP contribution is -2.57. The molecule has 3 N–H and O–H groups in total. The number of nitrogens with zero attached hydrogens (tertiary/aromatic N) is 1. The Kier molecular flexibility index (Phi) is 7.32. The Balaban J connectivity index is 1.37. The average Bonchev–Trinajstić information content (AvgIpc) is 3.60. The number of hydrogen-bond acceptors (Lipinski definition) is 9. The van der Waals surface area contributed by atoms with Crippen molar-refractivity contribution in [3.05, 3.63) is 62.4 Å². The summed E-state index contributed by atoms with van der Waals surface area (Å²) in [5.74, 6) is -0.367. The van der Waals surface area contributed by atoms with Gasteiger partial charge in [0.05, 0.1) is 19.3 Å². The molecule has 3 aliphatic rings. The number of H-pyrrole nitrogens is 1. The van der Waals surface area contributed by atoms with Crippen LogP contribution in [0.1, 0.15) is 45.3 Å². The van der Waals surface area contributed by atoms with Crippen LogP contribution in [0.25, 0.3) is 0 Å². The van der Waals surface area contributed by atoms with E-state index in [1.807, 2.05) is 0 Å². The highest BCUT2D eigenvalue weighted by atomic mass is 35.5. The second-order valence-electron chi connectivity index (χ2n) is 9.83. The number of aliphatic hydroxyl groups is 1. The first-order valence-electron chi connectivity index (χ1n) is 12.4. The van der Waals surface area contributed by atoms with Gasteiger partial charge in [0.2, 0.25) is 0 Å². The Hall–Kier alpha value is -2.47. The topological polar surface area (TPSA) is 158 Å². The number of esters is 1. The van der Waals surface area contributed by atoms with Crippen LogP contribution in [0.5, 0.6) is 5.75 Å². The van der Waals surface area contributed by atoms with Crippen molar-refractivity contribution in [2.24, 2.45) is 5.41 Å². The van der Waals surface area contributed by atoms with Crippen molar-refractivity contribution in [1.82, 2.24) is 14.6 Å². The van der Waals surface area contributed by atoms with E-state index in [-0.39, 0.29) is 19.0 Å². The predicted molar refractivity (Wildman–Crippen MR) is 135 cm³/mol. The fourth-order valence-electron chi connectivity index (χ4n) is 4.97. The normalized spacial score (nSPS) is 26.3. The van der Waals surface area contributed by atoms with Gasteiger partial charge in [-0.05, 0) is 63.3 Å². The first-order valence-corrected chi connectivity index (χ1v) is 14.3. The van der Waals surface area contributed by atoms with E-state index in [1.54, 1.807) is 19.1 Å². The molecule has 2 heterocycles. The Labute approximate surface area is 222 Å². The van der Waals surface area contributed by atoms with Crippen LogP contribution in [0, 0.1) is 5.41 Å². The standard InChI is InChI=1S/C24H29ClN3O9P/c1-2-34-21(31)24(9-3-10-24)27-38(33,37-16-6-4-15(25)5-7-16)35-14-17-19(30)23(11-12-23)20(36-17)28-13-8-18(29)26-22(28)32/h4-8,13,17,19-20,30H,2-3,9-12,14H2,1H3,(H,27,33)(H,26,29,32)/t17-,19-,20-,38?/m1/s1. The minimum atomic E-state index is -4.23. The molecule has 1 spiro atoms. The molecule has 0 amide bonds. The number of benzene rings is 1. The van der Waals surface area contributed by atoms with E-state index in [9.17, 15) is 24.1 Å². The third-order valence-corrected chi connectivity index (χ3v) is 9.23. The van der Waals surface area contributed by atoms with Gasteiger partial charge in [0, 0.05) is 22.7 Å². The molecule has 1 saturated heterocycles. The Morgan fingerprint density at radius 3 is 2.53 bits per heavy atom. The second-order valence-corrected chi connectivity index (χ2v) is 11.9. The number of carbonyl (C=O) groups is 1. The van der Waals surface area contributed by atoms with Gasteiger partial charge < -0.3 is 19.1 Å². The molecule has 12 nitrogen and oxygen atoms in total. The molecule has 0 bridgehead atoms. The molecule has 3 fully saturated rings. The summed E-state index contributed by atoms with van der Waals surface area (Å²) in [4.78, 5) is 38.8. The Morgan fingerprint density at radius 1 is 1.24 bits per heavy atom. The van der Waals surface area contributed by atoms with Crippen LogP contribution >= 0.6 is 19.3 Å². The molecule has 206 valence electrons. The fourth-order valence-corrected chi connectivity index (χ4v) is 6.84. The van der Waals surface area contributed by atoms with Crippen LogP contribution in [-0.2, 0) is 23.4 Å². The molecule has 2 aromatic rings. The van der Waals surface area contributed by atoms with E-state index >= 15 is 0 Å². The lowest BCUT2D eigenvalue weighted by atomic mass is 9.78. The number of aromatic nitrogens is 2. The van der Waals surface area contributed by atoms with Crippen molar-refractivity contribution in [3.8, 4) is 5.75 Å². The largest absolute Gasteiger partial charge is 0.465 e. The summed E-state index contributed by atoms with van der Waals surface area (Å²) >= 11 is 5.96. The summed E-state index contributed by atoms with van der Waals surface area (Å²) in [5, 5.41) is 14.3. The maximum Gasteiger partial charge on any atom is 0.459 e. The highest BCUT2D eigenvalue weighted by Crippen LogP contribution is 2.62. The highest BCUT2D eigenvalue weighted by molar-refractivity contribution is 7.52. The number of aromatic amines is 1. The molecule has 1 aliphatic heterocycles. The van der Waals surface area contributed by atoms with Crippen LogP contribution in [0.2, 0.25) is 5.02 Å². The Bertz CT molecular complexity index is 1350. The molecule has 38 heavy (non-hydrogen) atoms. The van der Waals surface area contributed by atoms with Crippen molar-refractivity contribution in [2.75, 3.05) is 13.2 Å². The van der Waals surface area contributed by atoms with Crippen molar-refractivity contribution < 1.29 is 33.0 Å². The van der Waals surface area contributed by atoms with Gasteiger partial charge in [0.25, 0.3) is 5.56 Å². The molecule has 0 radical (unpaired) electrons. The van der Waals surface area contributed by atoms with Gasteiger partial charge in [-0.15, -0.1) is 0 Å². The van der Waals surface area contributed by atoms with Gasteiger partial charge in [-0.3, -0.25) is 23.7 Å². The summed E-state index contributed by atoms with van der Waals surface area (Å²) < 4.78 is 38.0. The van der Waals surface area contributed by atoms with Crippen molar-refractivity contribution >= 4 is 25.3 Å². The van der Waals surface area contributed by atoms with Crippen LogP contribution < -0.4 is 20.9 Å². The second kappa shape index (κ2) is 10.3. The van der Waals surface area contributed by atoms with Gasteiger partial charge in [0.15, 0.2) is 0 Å². The first-order chi connectivity index (χ1) is 18.1. The fraction of sp³-hybridized carbons (Fsp3) is 0.542. The third kappa shape index (κ3) is 5.09. The quantitative estimate of drug-likeness (QED) is 0.287. The lowest BCUT2D eigenvalue weighted by Gasteiger charge is -2.41. The Morgan fingerprint density at radius 2 is 1.95 bits per heavy atom. The van der Waals surface area contributed by atoms with E-state index in [2.05, 4.69) is 10.1 Å². The van der Waals surface area contributed by atoms with Gasteiger partial charge >= 0.3 is 19.4 Å². The molecule has 2 aliphatic carbocycles.